The van der Waals surface area contributed by atoms with E-state index in [1.807, 2.05) is 0 Å². The Hall–Kier alpha value is -0.0800. The average molecular weight is 226 g/mol. The van der Waals surface area contributed by atoms with E-state index in [2.05, 4.69) is 10.9 Å². The fraction of sp³-hybridized carbons (Fsp3) is 1.00. The van der Waals surface area contributed by atoms with Gasteiger partial charge in [-0.05, 0) is 12.8 Å². The monoisotopic (exact) mass is 226 g/mol. The molecule has 2 N–H and O–H groups in total. The fourth-order valence-corrected chi connectivity index (χ4v) is 2.37. The van der Waals surface area contributed by atoms with Gasteiger partial charge in [-0.15, -0.1) is 0 Å². The van der Waals surface area contributed by atoms with Crippen LogP contribution in [0.3, 0.4) is 0 Å². The minimum absolute atomic E-state index is 1.14. The molecular formula is C14H30N2. The van der Waals surface area contributed by atoms with Crippen molar-refractivity contribution in [1.82, 2.24) is 10.9 Å². The molecule has 1 heterocycles. The molecule has 0 unspecified atom stereocenters. The first-order valence-corrected chi connectivity index (χ1v) is 7.46. The van der Waals surface area contributed by atoms with E-state index < -0.39 is 0 Å². The highest BCUT2D eigenvalue weighted by Gasteiger charge is 1.95. The number of hydrogen-bond acceptors (Lipinski definition) is 2. The van der Waals surface area contributed by atoms with Gasteiger partial charge in [-0.3, -0.25) is 10.9 Å². The third-order valence-corrected chi connectivity index (χ3v) is 3.48. The van der Waals surface area contributed by atoms with Crippen LogP contribution in [0.5, 0.6) is 0 Å². The molecular weight excluding hydrogens is 196 g/mol. The Labute approximate surface area is 102 Å². The first-order chi connectivity index (χ1) is 8.00. The van der Waals surface area contributed by atoms with Crippen molar-refractivity contribution >= 4 is 0 Å². The van der Waals surface area contributed by atoms with Crippen LogP contribution in [0.2, 0.25) is 0 Å². The molecule has 0 aromatic heterocycles. The van der Waals surface area contributed by atoms with Crippen molar-refractivity contribution in [2.24, 2.45) is 0 Å². The molecule has 1 aliphatic heterocycles. The summed E-state index contributed by atoms with van der Waals surface area (Å²) in [5.41, 5.74) is 6.63. The van der Waals surface area contributed by atoms with Gasteiger partial charge in [-0.25, -0.2) is 0 Å². The van der Waals surface area contributed by atoms with Crippen LogP contribution in [-0.2, 0) is 0 Å². The topological polar surface area (TPSA) is 24.1 Å². The lowest BCUT2D eigenvalue weighted by molar-refractivity contribution is 0.470. The van der Waals surface area contributed by atoms with E-state index in [-0.39, 0.29) is 0 Å². The Balaban J connectivity index is 2.00. The smallest absolute Gasteiger partial charge is 0.00997 e. The maximum absolute atomic E-state index is 3.32. The Kier molecular flexibility index (Phi) is 9.97. The van der Waals surface area contributed by atoms with Crippen molar-refractivity contribution in [3.63, 3.8) is 0 Å². The lowest BCUT2D eigenvalue weighted by atomic mass is 10.1. The van der Waals surface area contributed by atoms with Gasteiger partial charge >= 0.3 is 0 Å². The lowest BCUT2D eigenvalue weighted by Gasteiger charge is -2.08. The van der Waals surface area contributed by atoms with Gasteiger partial charge in [-0.1, -0.05) is 64.2 Å². The van der Waals surface area contributed by atoms with Crippen molar-refractivity contribution in [3.05, 3.63) is 0 Å². The number of rotatable bonds is 0. The van der Waals surface area contributed by atoms with Crippen molar-refractivity contribution in [1.29, 1.82) is 0 Å². The number of hydrogen-bond donors (Lipinski definition) is 2. The number of nitrogens with one attached hydrogen (secondary N) is 2. The molecule has 0 aromatic carbocycles. The summed E-state index contributed by atoms with van der Waals surface area (Å²) in [6, 6.07) is 0. The molecule has 2 heteroatoms. The first-order valence-electron chi connectivity index (χ1n) is 7.46. The third-order valence-electron chi connectivity index (χ3n) is 3.48. The second-order valence-corrected chi connectivity index (χ2v) is 5.10. The molecule has 0 radical (unpaired) electrons. The summed E-state index contributed by atoms with van der Waals surface area (Å²) in [5.74, 6) is 0. The molecule has 0 aliphatic carbocycles. The van der Waals surface area contributed by atoms with Crippen LogP contribution in [0.4, 0.5) is 0 Å². The molecule has 16 heavy (non-hydrogen) atoms. The van der Waals surface area contributed by atoms with Crippen LogP contribution in [-0.4, -0.2) is 13.1 Å². The SMILES string of the molecule is C1CCCCCCCNNCCCCCC1. The first kappa shape index (κ1) is 14.0. The second kappa shape index (κ2) is 11.4. The third kappa shape index (κ3) is 9.17. The minimum atomic E-state index is 1.14. The quantitative estimate of drug-likeness (QED) is 0.657. The molecule has 0 aromatic rings. The van der Waals surface area contributed by atoms with E-state index in [9.17, 15) is 0 Å². The summed E-state index contributed by atoms with van der Waals surface area (Å²) >= 11 is 0. The second-order valence-electron chi connectivity index (χ2n) is 5.10. The maximum atomic E-state index is 3.32. The van der Waals surface area contributed by atoms with Crippen LogP contribution >= 0.6 is 0 Å². The van der Waals surface area contributed by atoms with E-state index in [0.29, 0.717) is 0 Å². The maximum Gasteiger partial charge on any atom is 0.00997 e. The molecule has 0 spiro atoms. The highest BCUT2D eigenvalue weighted by atomic mass is 15.3. The molecule has 1 rings (SSSR count). The fourth-order valence-electron chi connectivity index (χ4n) is 2.37. The Morgan fingerprint density at radius 3 is 0.875 bits per heavy atom. The Bertz CT molecular complexity index is 72.7. The van der Waals surface area contributed by atoms with Gasteiger partial charge in [0.15, 0.2) is 0 Å². The summed E-state index contributed by atoms with van der Waals surface area (Å²) in [6.45, 7) is 2.28. The molecule has 0 atom stereocenters. The summed E-state index contributed by atoms with van der Waals surface area (Å²) in [4.78, 5) is 0. The van der Waals surface area contributed by atoms with Gasteiger partial charge in [0.1, 0.15) is 0 Å². The summed E-state index contributed by atoms with van der Waals surface area (Å²) < 4.78 is 0. The lowest BCUT2D eigenvalue weighted by Crippen LogP contribution is -2.33. The highest BCUT2D eigenvalue weighted by molar-refractivity contribution is 4.52. The Morgan fingerprint density at radius 1 is 0.312 bits per heavy atom. The molecule has 1 fully saturated rings. The van der Waals surface area contributed by atoms with E-state index in [1.54, 1.807) is 0 Å². The summed E-state index contributed by atoms with van der Waals surface area (Å²) in [7, 11) is 0. The minimum Gasteiger partial charge on any atom is -0.258 e. The zero-order chi connectivity index (χ0) is 11.3. The van der Waals surface area contributed by atoms with Crippen LogP contribution in [0, 0.1) is 0 Å². The van der Waals surface area contributed by atoms with Crippen LogP contribution in [0.1, 0.15) is 77.0 Å². The van der Waals surface area contributed by atoms with Crippen LogP contribution in [0.25, 0.3) is 0 Å². The van der Waals surface area contributed by atoms with E-state index in [4.69, 9.17) is 0 Å². The Morgan fingerprint density at radius 2 is 0.562 bits per heavy atom. The van der Waals surface area contributed by atoms with Gasteiger partial charge in [0.2, 0.25) is 0 Å². The molecule has 1 saturated heterocycles. The van der Waals surface area contributed by atoms with Crippen molar-refractivity contribution in [2.45, 2.75) is 77.0 Å². The van der Waals surface area contributed by atoms with Crippen LogP contribution < -0.4 is 10.9 Å². The predicted octanol–water partition coefficient (Wildman–Crippen LogP) is 3.78. The van der Waals surface area contributed by atoms with E-state index >= 15 is 0 Å². The molecule has 96 valence electrons. The van der Waals surface area contributed by atoms with Gasteiger partial charge in [-0.2, -0.15) is 0 Å². The summed E-state index contributed by atoms with van der Waals surface area (Å²) in [6.07, 6.45) is 17.1. The molecule has 0 bridgehead atoms. The van der Waals surface area contributed by atoms with Crippen molar-refractivity contribution in [2.75, 3.05) is 13.1 Å². The predicted molar refractivity (Wildman–Crippen MR) is 71.4 cm³/mol. The zero-order valence-electron chi connectivity index (χ0n) is 10.9. The van der Waals surface area contributed by atoms with Gasteiger partial charge in [0.05, 0.1) is 0 Å². The molecule has 0 saturated carbocycles. The number of hydrazine groups is 1. The van der Waals surface area contributed by atoms with Crippen molar-refractivity contribution < 1.29 is 0 Å². The average Bonchev–Trinajstić information content (AvgIpc) is 2.29. The van der Waals surface area contributed by atoms with Crippen LogP contribution in [0.15, 0.2) is 0 Å². The zero-order valence-corrected chi connectivity index (χ0v) is 10.9. The van der Waals surface area contributed by atoms with E-state index in [1.165, 1.54) is 77.0 Å². The van der Waals surface area contributed by atoms with Crippen molar-refractivity contribution in [3.8, 4) is 0 Å². The summed E-state index contributed by atoms with van der Waals surface area (Å²) in [5, 5.41) is 0. The molecule has 1 aliphatic rings. The normalized spacial score (nSPS) is 24.0. The standard InChI is InChI=1S/C14H30N2/c1-2-4-6-8-10-12-14-16-15-13-11-9-7-5-3-1/h15-16H,1-14H2. The molecule has 0 amide bonds. The van der Waals surface area contributed by atoms with E-state index in [0.717, 1.165) is 13.1 Å². The molecule has 2 nitrogen and oxygen atoms in total. The highest BCUT2D eigenvalue weighted by Crippen LogP contribution is 2.11. The van der Waals surface area contributed by atoms with Gasteiger partial charge in [0, 0.05) is 13.1 Å². The van der Waals surface area contributed by atoms with Gasteiger partial charge < -0.3 is 0 Å². The largest absolute Gasteiger partial charge is 0.258 e. The van der Waals surface area contributed by atoms with Gasteiger partial charge in [0.25, 0.3) is 0 Å².